The van der Waals surface area contributed by atoms with E-state index in [-0.39, 0.29) is 36.1 Å². The molecule has 1 saturated heterocycles. The number of aromatic nitrogens is 3. The molecule has 11 nitrogen and oxygen atoms in total. The summed E-state index contributed by atoms with van der Waals surface area (Å²) >= 11 is 0. The van der Waals surface area contributed by atoms with E-state index in [1.54, 1.807) is 0 Å². The molecule has 3 rings (SSSR count). The van der Waals surface area contributed by atoms with Crippen LogP contribution in [0.2, 0.25) is 0 Å². The third-order valence-corrected chi connectivity index (χ3v) is 4.72. The number of aryl methyl sites for hydroxylation is 1. The summed E-state index contributed by atoms with van der Waals surface area (Å²) < 4.78 is 6.73. The smallest absolute Gasteiger partial charge is 0.332 e. The number of carbonyl (C=O) groups excluding carboxylic acids is 3. The Labute approximate surface area is 158 Å². The van der Waals surface area contributed by atoms with Crippen molar-refractivity contribution in [1.82, 2.24) is 24.3 Å². The molecular formula is C17H19N5O6. The van der Waals surface area contributed by atoms with E-state index >= 15 is 0 Å². The van der Waals surface area contributed by atoms with Crippen LogP contribution < -0.4 is 16.6 Å². The highest BCUT2D eigenvalue weighted by Gasteiger charge is 2.35. The van der Waals surface area contributed by atoms with E-state index in [0.29, 0.717) is 0 Å². The molecule has 1 atom stereocenters. The number of nitrogens with one attached hydrogen (secondary N) is 1. The first kappa shape index (κ1) is 19.3. The Kier molecular flexibility index (Phi) is 4.99. The number of hydrogen-bond donors (Lipinski definition) is 1. The fourth-order valence-corrected chi connectivity index (χ4v) is 3.15. The molecule has 1 N–H and O–H groups in total. The van der Waals surface area contributed by atoms with Gasteiger partial charge in [0.1, 0.15) is 11.7 Å². The molecule has 0 spiro atoms. The van der Waals surface area contributed by atoms with Crippen LogP contribution in [-0.2, 0) is 28.4 Å². The molecule has 1 fully saturated rings. The fourth-order valence-electron chi connectivity index (χ4n) is 3.15. The van der Waals surface area contributed by atoms with Crippen molar-refractivity contribution in [2.75, 3.05) is 20.2 Å². The first-order valence-electron chi connectivity index (χ1n) is 8.47. The van der Waals surface area contributed by atoms with Gasteiger partial charge in [0.2, 0.25) is 5.91 Å². The normalized spacial score (nSPS) is 16.8. The van der Waals surface area contributed by atoms with E-state index in [4.69, 9.17) is 0 Å². The number of nitrogens with zero attached hydrogens (tertiary/aromatic N) is 4. The third-order valence-electron chi connectivity index (χ3n) is 4.72. The van der Waals surface area contributed by atoms with Gasteiger partial charge in [0.15, 0.2) is 0 Å². The highest BCUT2D eigenvalue weighted by atomic mass is 16.5. The van der Waals surface area contributed by atoms with Crippen molar-refractivity contribution < 1.29 is 19.1 Å². The molecule has 28 heavy (non-hydrogen) atoms. The second kappa shape index (κ2) is 7.25. The van der Waals surface area contributed by atoms with E-state index in [0.717, 1.165) is 4.57 Å². The van der Waals surface area contributed by atoms with E-state index in [2.05, 4.69) is 15.0 Å². The lowest BCUT2D eigenvalue weighted by Crippen LogP contribution is -2.57. The van der Waals surface area contributed by atoms with E-state index < -0.39 is 35.1 Å². The molecule has 0 unspecified atom stereocenters. The van der Waals surface area contributed by atoms with Gasteiger partial charge < -0.3 is 15.0 Å². The average molecular weight is 389 g/mol. The molecular weight excluding hydrogens is 370 g/mol. The van der Waals surface area contributed by atoms with Crippen LogP contribution in [0.4, 0.5) is 0 Å². The molecule has 0 saturated carbocycles. The lowest BCUT2D eigenvalue weighted by molar-refractivity contribution is -0.145. The molecule has 2 amide bonds. The zero-order valence-electron chi connectivity index (χ0n) is 15.6. The van der Waals surface area contributed by atoms with Gasteiger partial charge in [-0.2, -0.15) is 0 Å². The summed E-state index contributed by atoms with van der Waals surface area (Å²) in [7, 11) is 4.00. The molecule has 2 aromatic rings. The number of ether oxygens (including phenoxy) is 1. The van der Waals surface area contributed by atoms with Gasteiger partial charge in [0, 0.05) is 33.4 Å². The number of esters is 1. The van der Waals surface area contributed by atoms with Crippen molar-refractivity contribution in [3.8, 4) is 0 Å². The van der Waals surface area contributed by atoms with Crippen molar-refractivity contribution in [3.05, 3.63) is 38.7 Å². The molecule has 1 aliphatic rings. The molecule has 0 radical (unpaired) electrons. The van der Waals surface area contributed by atoms with Crippen molar-refractivity contribution in [2.24, 2.45) is 14.1 Å². The lowest BCUT2D eigenvalue weighted by atomic mass is 10.1. The topological polar surface area (TPSA) is 133 Å². The summed E-state index contributed by atoms with van der Waals surface area (Å²) in [4.78, 5) is 66.5. The first-order valence-corrected chi connectivity index (χ1v) is 8.47. The van der Waals surface area contributed by atoms with Gasteiger partial charge in [-0.05, 0) is 6.07 Å². The summed E-state index contributed by atoms with van der Waals surface area (Å²) in [5, 5.41) is 2.71. The quantitative estimate of drug-likeness (QED) is 0.609. The van der Waals surface area contributed by atoms with Crippen LogP contribution in [0.5, 0.6) is 0 Å². The van der Waals surface area contributed by atoms with E-state index in [1.807, 2.05) is 0 Å². The van der Waals surface area contributed by atoms with E-state index in [1.165, 1.54) is 42.9 Å². The number of rotatable bonds is 3. The molecule has 0 bridgehead atoms. The molecule has 1 aliphatic heterocycles. The number of hydrogen-bond acceptors (Lipinski definition) is 7. The first-order chi connectivity index (χ1) is 13.3. The Bertz CT molecular complexity index is 1100. The van der Waals surface area contributed by atoms with Crippen LogP contribution in [-0.4, -0.2) is 63.0 Å². The van der Waals surface area contributed by atoms with Gasteiger partial charge in [0.25, 0.3) is 11.5 Å². The highest BCUT2D eigenvalue weighted by molar-refractivity contribution is 6.00. The minimum atomic E-state index is -1.02. The lowest BCUT2D eigenvalue weighted by Gasteiger charge is -2.34. The van der Waals surface area contributed by atoms with Gasteiger partial charge in [-0.1, -0.05) is 0 Å². The number of fused-ring (bicyclic) bond motifs is 1. The maximum absolute atomic E-state index is 13.0. The second-order valence-corrected chi connectivity index (χ2v) is 6.39. The second-order valence-electron chi connectivity index (χ2n) is 6.39. The molecule has 3 heterocycles. The van der Waals surface area contributed by atoms with Gasteiger partial charge in [-0.3, -0.25) is 28.3 Å². The van der Waals surface area contributed by atoms with Crippen LogP contribution in [0.15, 0.2) is 21.9 Å². The third kappa shape index (κ3) is 3.15. The number of pyridine rings is 1. The number of piperazine rings is 1. The van der Waals surface area contributed by atoms with Crippen LogP contribution in [0.3, 0.4) is 0 Å². The summed E-state index contributed by atoms with van der Waals surface area (Å²) in [5.74, 6) is -1.63. The van der Waals surface area contributed by atoms with E-state index in [9.17, 15) is 24.0 Å². The van der Waals surface area contributed by atoms with Crippen LogP contribution in [0.25, 0.3) is 11.0 Å². The maximum Gasteiger partial charge on any atom is 0.332 e. The Balaban J connectivity index is 2.04. The fraction of sp³-hybridized carbons (Fsp3) is 0.412. The van der Waals surface area contributed by atoms with Crippen molar-refractivity contribution in [1.29, 1.82) is 0 Å². The molecule has 11 heteroatoms. The maximum atomic E-state index is 13.0. The standard InChI is InChI=1S/C17H19N5O6/c1-20-13-10(16(26)21(2)17(20)27)6-9(8-19-13)15(25)22-5-4-18-14(24)11(22)7-12(23)28-3/h6,8,11H,4-5,7H2,1-3H3,(H,18,24)/t11-/m0/s1. The summed E-state index contributed by atoms with van der Waals surface area (Å²) in [6.07, 6.45) is 0.955. The predicted molar refractivity (Wildman–Crippen MR) is 96.7 cm³/mol. The SMILES string of the molecule is COC(=O)C[C@H]1C(=O)NCCN1C(=O)c1cnc2c(c1)c(=O)n(C)c(=O)n2C. The Morgan fingerprint density at radius 3 is 2.64 bits per heavy atom. The molecule has 2 aromatic heterocycles. The molecule has 0 aromatic carbocycles. The van der Waals surface area contributed by atoms with Crippen LogP contribution in [0, 0.1) is 0 Å². The van der Waals surface area contributed by atoms with Crippen molar-refractivity contribution >= 4 is 28.8 Å². The van der Waals surface area contributed by atoms with Crippen LogP contribution in [0.1, 0.15) is 16.8 Å². The Hall–Kier alpha value is -3.50. The number of carbonyl (C=O) groups is 3. The van der Waals surface area contributed by atoms with Gasteiger partial charge in [-0.25, -0.2) is 9.78 Å². The van der Waals surface area contributed by atoms with Crippen LogP contribution >= 0.6 is 0 Å². The monoisotopic (exact) mass is 389 g/mol. The predicted octanol–water partition coefficient (Wildman–Crippen LogP) is -1.86. The highest BCUT2D eigenvalue weighted by Crippen LogP contribution is 2.16. The number of amides is 2. The number of methoxy groups -OCH3 is 1. The minimum Gasteiger partial charge on any atom is -0.469 e. The zero-order valence-corrected chi connectivity index (χ0v) is 15.6. The Morgan fingerprint density at radius 2 is 1.96 bits per heavy atom. The van der Waals surface area contributed by atoms with Gasteiger partial charge >= 0.3 is 11.7 Å². The van der Waals surface area contributed by atoms with Gasteiger partial charge in [-0.15, -0.1) is 0 Å². The molecule has 148 valence electrons. The summed E-state index contributed by atoms with van der Waals surface area (Å²) in [6, 6.07) is 0.320. The van der Waals surface area contributed by atoms with Gasteiger partial charge in [0.05, 0.1) is 24.5 Å². The Morgan fingerprint density at radius 1 is 1.25 bits per heavy atom. The molecule has 0 aliphatic carbocycles. The largest absolute Gasteiger partial charge is 0.469 e. The zero-order chi connectivity index (χ0) is 20.6. The van der Waals surface area contributed by atoms with Crippen molar-refractivity contribution in [3.63, 3.8) is 0 Å². The summed E-state index contributed by atoms with van der Waals surface area (Å²) in [5.41, 5.74) is -0.891. The summed E-state index contributed by atoms with van der Waals surface area (Å²) in [6.45, 7) is 0.426. The van der Waals surface area contributed by atoms with Crippen molar-refractivity contribution in [2.45, 2.75) is 12.5 Å². The average Bonchev–Trinajstić information content (AvgIpc) is 2.71. The minimum absolute atomic E-state index is 0.0767.